The summed E-state index contributed by atoms with van der Waals surface area (Å²) in [5.74, 6) is -0.436. The average molecular weight is 289 g/mol. The van der Waals surface area contributed by atoms with Crippen LogP contribution in [0, 0.1) is 0 Å². The van der Waals surface area contributed by atoms with E-state index < -0.39 is 5.95 Å². The number of nitrogens with zero attached hydrogens (tertiary/aromatic N) is 3. The molecule has 0 radical (unpaired) electrons. The lowest BCUT2D eigenvalue weighted by atomic mass is 10.2. The maximum atomic E-state index is 12.1. The summed E-state index contributed by atoms with van der Waals surface area (Å²) in [6.45, 7) is 1.53. The van der Waals surface area contributed by atoms with Crippen molar-refractivity contribution in [2.24, 2.45) is 0 Å². The first-order chi connectivity index (χ1) is 10.2. The maximum absolute atomic E-state index is 12.1. The molecule has 7 heteroatoms. The number of benzene rings is 1. The van der Waals surface area contributed by atoms with Gasteiger partial charge in [0.25, 0.3) is 0 Å². The summed E-state index contributed by atoms with van der Waals surface area (Å²) >= 11 is 0. The van der Waals surface area contributed by atoms with Crippen LogP contribution in [0.4, 0.5) is 4.79 Å². The normalized spacial score (nSPS) is 14.4. The lowest BCUT2D eigenvalue weighted by Crippen LogP contribution is -2.42. The molecule has 1 aliphatic rings. The topological polar surface area (TPSA) is 82.5 Å². The maximum Gasteiger partial charge on any atom is 0.410 e. The zero-order valence-corrected chi connectivity index (χ0v) is 11.4. The Kier molecular flexibility index (Phi) is 3.72. The Morgan fingerprint density at radius 1 is 1.38 bits per heavy atom. The first kappa shape index (κ1) is 13.4. The van der Waals surface area contributed by atoms with Crippen LogP contribution in [-0.2, 0) is 24.3 Å². The van der Waals surface area contributed by atoms with Gasteiger partial charge >= 0.3 is 6.09 Å². The fourth-order valence-corrected chi connectivity index (χ4v) is 2.26. The summed E-state index contributed by atoms with van der Waals surface area (Å²) in [6, 6.07) is 9.50. The minimum absolute atomic E-state index is 0.239. The predicted molar refractivity (Wildman–Crippen MR) is 68.0 cm³/mol. The Morgan fingerprint density at radius 3 is 3.00 bits per heavy atom. The van der Waals surface area contributed by atoms with Crippen LogP contribution >= 0.6 is 0 Å². The second-order valence-electron chi connectivity index (χ2n) is 4.81. The number of hydrogen-bond acceptors (Lipinski definition) is 5. The number of fused-ring (bicyclic) bond motifs is 1. The van der Waals surface area contributed by atoms with Gasteiger partial charge in [-0.2, -0.15) is 0 Å². The molecule has 0 atom stereocenters. The molecule has 2 heterocycles. The molecule has 1 aromatic heterocycles. The highest BCUT2D eigenvalue weighted by Crippen LogP contribution is 2.12. The molecule has 2 aromatic rings. The van der Waals surface area contributed by atoms with Crippen molar-refractivity contribution in [1.82, 2.24) is 10.2 Å². The highest BCUT2D eigenvalue weighted by atomic mass is 16.6. The average Bonchev–Trinajstić information content (AvgIpc) is 2.74. The number of carbonyl (C=O) groups excluding carboxylic acids is 1. The lowest BCUT2D eigenvalue weighted by Gasteiger charge is -2.18. The van der Waals surface area contributed by atoms with E-state index in [0.717, 1.165) is 5.56 Å². The molecule has 0 saturated heterocycles. The third kappa shape index (κ3) is 2.96. The molecule has 0 bridgehead atoms. The fraction of sp³-hybridized carbons (Fsp3) is 0.357. The smallest absolute Gasteiger partial charge is 0.410 e. The Morgan fingerprint density at radius 2 is 2.19 bits per heavy atom. The number of ether oxygens (including phenoxy) is 1. The Labute approximate surface area is 121 Å². The summed E-state index contributed by atoms with van der Waals surface area (Å²) in [4.78, 5) is 13.6. The number of aromatic nitrogens is 2. The zero-order chi connectivity index (χ0) is 14.7. The van der Waals surface area contributed by atoms with E-state index in [-0.39, 0.29) is 12.7 Å². The second kappa shape index (κ2) is 5.82. The van der Waals surface area contributed by atoms with Gasteiger partial charge in [-0.05, 0) is 5.56 Å². The summed E-state index contributed by atoms with van der Waals surface area (Å²) in [7, 11) is 0. The summed E-state index contributed by atoms with van der Waals surface area (Å²) in [6.07, 6.45) is 0.0389. The quantitative estimate of drug-likeness (QED) is 0.739. The SMILES string of the molecule is O=C(OCc1ccccc1)N1CCc2c([O-])on[n+]2CC1. The van der Waals surface area contributed by atoms with Crippen molar-refractivity contribution in [3.63, 3.8) is 0 Å². The second-order valence-corrected chi connectivity index (χ2v) is 4.81. The van der Waals surface area contributed by atoms with Gasteiger partial charge in [-0.15, -0.1) is 0 Å². The molecule has 110 valence electrons. The van der Waals surface area contributed by atoms with Crippen molar-refractivity contribution in [1.29, 1.82) is 0 Å². The summed E-state index contributed by atoms with van der Waals surface area (Å²) < 4.78 is 11.4. The first-order valence-electron chi connectivity index (χ1n) is 6.75. The van der Waals surface area contributed by atoms with E-state index in [4.69, 9.17) is 4.74 Å². The molecular formula is C14H15N3O4. The number of amides is 1. The minimum Gasteiger partial charge on any atom is -0.539 e. The standard InChI is InChI=1S/C14H15N3O4/c18-13-12-6-7-16(8-9-17(12)15-21-13)14(19)20-10-11-4-2-1-3-5-11/h1-5H,6-10H2. The molecule has 0 unspecified atom stereocenters. The van der Waals surface area contributed by atoms with Gasteiger partial charge in [-0.25, -0.2) is 4.79 Å². The van der Waals surface area contributed by atoms with Crippen LogP contribution in [0.1, 0.15) is 11.3 Å². The Bertz CT molecular complexity index is 626. The van der Waals surface area contributed by atoms with Gasteiger partial charge < -0.3 is 19.3 Å². The number of rotatable bonds is 2. The number of hydrogen-bond donors (Lipinski definition) is 0. The van der Waals surface area contributed by atoms with Gasteiger partial charge in [0, 0.05) is 6.54 Å². The van der Waals surface area contributed by atoms with Crippen LogP contribution in [0.15, 0.2) is 34.9 Å². The van der Waals surface area contributed by atoms with E-state index in [0.29, 0.717) is 31.7 Å². The lowest BCUT2D eigenvalue weighted by molar-refractivity contribution is -0.765. The van der Waals surface area contributed by atoms with Gasteiger partial charge in [0.2, 0.25) is 5.69 Å². The molecule has 0 N–H and O–H groups in total. The summed E-state index contributed by atoms with van der Waals surface area (Å²) in [5, 5.41) is 15.1. The van der Waals surface area contributed by atoms with Gasteiger partial charge in [0.1, 0.15) is 6.61 Å². The molecular weight excluding hydrogens is 274 g/mol. The zero-order valence-electron chi connectivity index (χ0n) is 11.4. The monoisotopic (exact) mass is 289 g/mol. The van der Waals surface area contributed by atoms with Gasteiger partial charge in [-0.3, -0.25) is 0 Å². The van der Waals surface area contributed by atoms with Crippen LogP contribution in [0.2, 0.25) is 0 Å². The van der Waals surface area contributed by atoms with Gasteiger partial charge in [0.05, 0.1) is 18.2 Å². The third-order valence-electron chi connectivity index (χ3n) is 3.43. The minimum atomic E-state index is -0.436. The van der Waals surface area contributed by atoms with Crippen LogP contribution in [-0.4, -0.2) is 29.4 Å². The van der Waals surface area contributed by atoms with Crippen LogP contribution in [0.3, 0.4) is 0 Å². The fourth-order valence-electron chi connectivity index (χ4n) is 2.26. The van der Waals surface area contributed by atoms with E-state index in [9.17, 15) is 9.90 Å². The molecule has 1 aromatic carbocycles. The molecule has 1 amide bonds. The molecule has 21 heavy (non-hydrogen) atoms. The van der Waals surface area contributed by atoms with Gasteiger partial charge in [-0.1, -0.05) is 35.0 Å². The van der Waals surface area contributed by atoms with Crippen molar-refractivity contribution in [2.75, 3.05) is 13.1 Å². The Balaban J connectivity index is 1.57. The van der Waals surface area contributed by atoms with E-state index in [2.05, 4.69) is 9.79 Å². The van der Waals surface area contributed by atoms with E-state index >= 15 is 0 Å². The van der Waals surface area contributed by atoms with Gasteiger partial charge in [0.15, 0.2) is 12.5 Å². The number of carbonyl (C=O) groups is 1. The molecule has 0 spiro atoms. The van der Waals surface area contributed by atoms with Crippen LogP contribution in [0.25, 0.3) is 0 Å². The predicted octanol–water partition coefficient (Wildman–Crippen LogP) is 0.231. The highest BCUT2D eigenvalue weighted by molar-refractivity contribution is 5.67. The van der Waals surface area contributed by atoms with E-state index in [1.165, 1.54) is 4.68 Å². The molecule has 3 rings (SSSR count). The van der Waals surface area contributed by atoms with Crippen molar-refractivity contribution in [3.8, 4) is 5.95 Å². The van der Waals surface area contributed by atoms with Crippen molar-refractivity contribution in [3.05, 3.63) is 41.6 Å². The van der Waals surface area contributed by atoms with E-state index in [1.54, 1.807) is 4.90 Å². The molecule has 7 nitrogen and oxygen atoms in total. The first-order valence-corrected chi connectivity index (χ1v) is 6.75. The molecule has 0 fully saturated rings. The highest BCUT2D eigenvalue weighted by Gasteiger charge is 2.26. The van der Waals surface area contributed by atoms with Crippen molar-refractivity contribution >= 4 is 6.09 Å². The van der Waals surface area contributed by atoms with Crippen LogP contribution in [0.5, 0.6) is 5.95 Å². The van der Waals surface area contributed by atoms with E-state index in [1.807, 2.05) is 30.3 Å². The van der Waals surface area contributed by atoms with Crippen molar-refractivity contribution in [2.45, 2.75) is 19.6 Å². The molecule has 0 saturated carbocycles. The third-order valence-corrected chi connectivity index (χ3v) is 3.43. The largest absolute Gasteiger partial charge is 0.539 e. The van der Waals surface area contributed by atoms with Crippen molar-refractivity contribution < 1.29 is 23.8 Å². The van der Waals surface area contributed by atoms with Crippen LogP contribution < -0.4 is 9.79 Å². The molecule has 0 aliphatic carbocycles. The Hall–Kier alpha value is -2.57. The molecule has 1 aliphatic heterocycles. The summed E-state index contributed by atoms with van der Waals surface area (Å²) in [5.41, 5.74) is 1.43.